The molecule has 0 aliphatic carbocycles. The van der Waals surface area contributed by atoms with Gasteiger partial charge in [0, 0.05) is 19.6 Å². The Bertz CT molecular complexity index is 328. The number of nitrogens with zero attached hydrogens (tertiary/aromatic N) is 2. The molecule has 96 valence electrons. The Labute approximate surface area is 111 Å². The fraction of sp³-hybridized carbons (Fsp3) is 0.727. The number of ether oxygens (including phenoxy) is 1. The molecular formula is C11H18ClN3OS. The van der Waals surface area contributed by atoms with E-state index >= 15 is 0 Å². The van der Waals surface area contributed by atoms with Crippen LogP contribution in [0.25, 0.3) is 0 Å². The second-order valence-electron chi connectivity index (χ2n) is 4.04. The molecule has 1 N–H and O–H groups in total. The monoisotopic (exact) mass is 275 g/mol. The molecule has 1 saturated heterocycles. The smallest absolute Gasteiger partial charge is 0.113 e. The molecule has 1 aliphatic rings. The highest BCUT2D eigenvalue weighted by molar-refractivity contribution is 7.15. The van der Waals surface area contributed by atoms with E-state index in [-0.39, 0.29) is 0 Å². The van der Waals surface area contributed by atoms with Crippen LogP contribution in [0.5, 0.6) is 0 Å². The van der Waals surface area contributed by atoms with Gasteiger partial charge in [0.15, 0.2) is 0 Å². The van der Waals surface area contributed by atoms with Gasteiger partial charge < -0.3 is 10.1 Å². The summed E-state index contributed by atoms with van der Waals surface area (Å²) < 4.78 is 6.07. The van der Waals surface area contributed by atoms with Crippen LogP contribution in [0.4, 0.5) is 0 Å². The van der Waals surface area contributed by atoms with Crippen molar-refractivity contribution in [2.24, 2.45) is 0 Å². The van der Waals surface area contributed by atoms with Crippen molar-refractivity contribution in [2.45, 2.75) is 13.0 Å². The molecule has 0 unspecified atom stereocenters. The Morgan fingerprint density at radius 3 is 3.00 bits per heavy atom. The fourth-order valence-corrected chi connectivity index (χ4v) is 2.74. The van der Waals surface area contributed by atoms with E-state index in [1.807, 2.05) is 0 Å². The average molecular weight is 276 g/mol. The molecule has 6 heteroatoms. The van der Waals surface area contributed by atoms with Crippen LogP contribution in [0.3, 0.4) is 0 Å². The zero-order valence-electron chi connectivity index (χ0n) is 9.82. The summed E-state index contributed by atoms with van der Waals surface area (Å²) >= 11 is 7.35. The van der Waals surface area contributed by atoms with E-state index in [0.717, 1.165) is 55.3 Å². The van der Waals surface area contributed by atoms with Gasteiger partial charge in [-0.2, -0.15) is 0 Å². The maximum atomic E-state index is 5.81. The number of halogens is 1. The quantitative estimate of drug-likeness (QED) is 0.801. The third-order valence-electron chi connectivity index (χ3n) is 2.73. The van der Waals surface area contributed by atoms with Gasteiger partial charge in [-0.25, -0.2) is 4.98 Å². The zero-order chi connectivity index (χ0) is 11.9. The number of hydrogen-bond donors (Lipinski definition) is 1. The molecule has 1 fully saturated rings. The summed E-state index contributed by atoms with van der Waals surface area (Å²) in [7, 11) is 0. The van der Waals surface area contributed by atoms with Crippen molar-refractivity contribution in [3.05, 3.63) is 15.5 Å². The van der Waals surface area contributed by atoms with Gasteiger partial charge in [0.05, 0.1) is 19.4 Å². The fourth-order valence-electron chi connectivity index (χ4n) is 1.82. The maximum absolute atomic E-state index is 5.81. The van der Waals surface area contributed by atoms with Crippen molar-refractivity contribution in [2.75, 3.05) is 39.4 Å². The Morgan fingerprint density at radius 2 is 2.29 bits per heavy atom. The molecule has 0 spiro atoms. The van der Waals surface area contributed by atoms with Gasteiger partial charge in [0.1, 0.15) is 9.34 Å². The van der Waals surface area contributed by atoms with Crippen LogP contribution >= 0.6 is 22.9 Å². The molecule has 1 aliphatic heterocycles. The van der Waals surface area contributed by atoms with Crippen molar-refractivity contribution >= 4 is 22.9 Å². The van der Waals surface area contributed by atoms with Gasteiger partial charge in [0.2, 0.25) is 0 Å². The number of nitrogens with one attached hydrogen (secondary N) is 1. The lowest BCUT2D eigenvalue weighted by molar-refractivity contribution is 0.0374. The summed E-state index contributed by atoms with van der Waals surface area (Å²) in [5, 5.41) is 4.44. The minimum Gasteiger partial charge on any atom is -0.379 e. The third kappa shape index (κ3) is 4.89. The van der Waals surface area contributed by atoms with Gasteiger partial charge in [-0.3, -0.25) is 4.90 Å². The lowest BCUT2D eigenvalue weighted by Crippen LogP contribution is -2.37. The minimum atomic E-state index is 0.759. The first kappa shape index (κ1) is 13.2. The highest BCUT2D eigenvalue weighted by Crippen LogP contribution is 2.17. The summed E-state index contributed by atoms with van der Waals surface area (Å²) in [6.45, 7) is 6.89. The lowest BCUT2D eigenvalue weighted by atomic mass is 10.3. The van der Waals surface area contributed by atoms with Crippen LogP contribution in [0.15, 0.2) is 6.20 Å². The minimum absolute atomic E-state index is 0.759. The van der Waals surface area contributed by atoms with Crippen molar-refractivity contribution in [3.63, 3.8) is 0 Å². The van der Waals surface area contributed by atoms with E-state index in [9.17, 15) is 0 Å². The van der Waals surface area contributed by atoms with E-state index in [2.05, 4.69) is 15.2 Å². The van der Waals surface area contributed by atoms with Crippen LogP contribution in [0, 0.1) is 0 Å². The van der Waals surface area contributed by atoms with Crippen molar-refractivity contribution in [1.29, 1.82) is 0 Å². The van der Waals surface area contributed by atoms with Gasteiger partial charge in [0.25, 0.3) is 0 Å². The first-order valence-electron chi connectivity index (χ1n) is 5.95. The molecule has 0 amide bonds. The molecule has 2 heterocycles. The molecule has 0 bridgehead atoms. The molecule has 17 heavy (non-hydrogen) atoms. The summed E-state index contributed by atoms with van der Waals surface area (Å²) in [4.78, 5) is 6.65. The summed E-state index contributed by atoms with van der Waals surface area (Å²) in [5.41, 5.74) is 0. The van der Waals surface area contributed by atoms with E-state index < -0.39 is 0 Å². The van der Waals surface area contributed by atoms with E-state index in [1.165, 1.54) is 17.8 Å². The van der Waals surface area contributed by atoms with E-state index in [1.54, 1.807) is 6.20 Å². The van der Waals surface area contributed by atoms with Gasteiger partial charge in [-0.05, 0) is 19.5 Å². The third-order valence-corrected chi connectivity index (χ3v) is 3.85. The molecule has 0 atom stereocenters. The number of hydrogen-bond acceptors (Lipinski definition) is 5. The molecular weight excluding hydrogens is 258 g/mol. The first-order valence-corrected chi connectivity index (χ1v) is 7.15. The number of rotatable bonds is 6. The number of morpholine rings is 1. The van der Waals surface area contributed by atoms with Crippen molar-refractivity contribution in [1.82, 2.24) is 15.2 Å². The zero-order valence-corrected chi connectivity index (χ0v) is 11.4. The number of aromatic nitrogens is 1. The Kier molecular flexibility index (Phi) is 5.67. The van der Waals surface area contributed by atoms with Crippen LogP contribution in [-0.2, 0) is 11.3 Å². The molecule has 0 aromatic carbocycles. The molecule has 4 nitrogen and oxygen atoms in total. The average Bonchev–Trinajstić information content (AvgIpc) is 2.76. The van der Waals surface area contributed by atoms with Gasteiger partial charge in [-0.1, -0.05) is 11.6 Å². The molecule has 1 aromatic heterocycles. The molecule has 0 saturated carbocycles. The second-order valence-corrected chi connectivity index (χ2v) is 5.79. The molecule has 1 aromatic rings. The Hall–Kier alpha value is -0.200. The van der Waals surface area contributed by atoms with E-state index in [4.69, 9.17) is 16.3 Å². The van der Waals surface area contributed by atoms with Crippen molar-refractivity contribution < 1.29 is 4.74 Å². The number of thiazole rings is 1. The lowest BCUT2D eigenvalue weighted by Gasteiger charge is -2.26. The normalized spacial score (nSPS) is 17.5. The van der Waals surface area contributed by atoms with E-state index in [0.29, 0.717) is 0 Å². The van der Waals surface area contributed by atoms with Crippen LogP contribution in [0.1, 0.15) is 11.4 Å². The SMILES string of the molecule is Clc1cnc(CNCCCN2CCOCC2)s1. The van der Waals surface area contributed by atoms with Crippen LogP contribution in [0.2, 0.25) is 4.34 Å². The highest BCUT2D eigenvalue weighted by atomic mass is 35.5. The maximum Gasteiger partial charge on any atom is 0.113 e. The van der Waals surface area contributed by atoms with Crippen LogP contribution < -0.4 is 5.32 Å². The summed E-state index contributed by atoms with van der Waals surface area (Å²) in [6.07, 6.45) is 2.87. The molecule has 0 radical (unpaired) electrons. The largest absolute Gasteiger partial charge is 0.379 e. The van der Waals surface area contributed by atoms with Gasteiger partial charge in [-0.15, -0.1) is 11.3 Å². The Balaban J connectivity index is 1.51. The summed E-state index contributed by atoms with van der Waals surface area (Å²) in [5.74, 6) is 0. The van der Waals surface area contributed by atoms with Crippen molar-refractivity contribution in [3.8, 4) is 0 Å². The van der Waals surface area contributed by atoms with Gasteiger partial charge >= 0.3 is 0 Å². The predicted molar refractivity (Wildman–Crippen MR) is 70.7 cm³/mol. The Morgan fingerprint density at radius 1 is 1.47 bits per heavy atom. The van der Waals surface area contributed by atoms with Crippen LogP contribution in [-0.4, -0.2) is 49.3 Å². The summed E-state index contributed by atoms with van der Waals surface area (Å²) in [6, 6.07) is 0. The highest BCUT2D eigenvalue weighted by Gasteiger charge is 2.08. The topological polar surface area (TPSA) is 37.4 Å². The first-order chi connectivity index (χ1) is 8.34. The standard InChI is InChI=1S/C11H18ClN3OS/c12-10-8-14-11(17-10)9-13-2-1-3-15-4-6-16-7-5-15/h8,13H,1-7,9H2. The predicted octanol–water partition coefficient (Wildman–Crippen LogP) is 1.61. The molecule has 2 rings (SSSR count). The second kappa shape index (κ2) is 7.28.